The lowest BCUT2D eigenvalue weighted by Gasteiger charge is -2.12. The van der Waals surface area contributed by atoms with Crippen LogP contribution in [0.2, 0.25) is 0 Å². The number of hydrogen-bond acceptors (Lipinski definition) is 2. The van der Waals surface area contributed by atoms with E-state index >= 15 is 0 Å². The van der Waals surface area contributed by atoms with Crippen LogP contribution in [-0.4, -0.2) is 6.54 Å². The van der Waals surface area contributed by atoms with Crippen LogP contribution in [0, 0.1) is 13.8 Å². The molecule has 0 bridgehead atoms. The minimum atomic E-state index is 0.323. The van der Waals surface area contributed by atoms with E-state index in [0.717, 1.165) is 23.6 Å². The third-order valence-corrected chi connectivity index (χ3v) is 2.26. The molecule has 1 N–H and O–H groups in total. The lowest BCUT2D eigenvalue weighted by Crippen LogP contribution is -2.20. The third-order valence-electron chi connectivity index (χ3n) is 2.26. The van der Waals surface area contributed by atoms with Gasteiger partial charge in [-0.1, -0.05) is 12.2 Å². The second-order valence-corrected chi connectivity index (χ2v) is 3.93. The molecule has 0 aliphatic rings. The van der Waals surface area contributed by atoms with Crippen LogP contribution in [0.5, 0.6) is 0 Å². The molecular formula is C12H19NO. The van der Waals surface area contributed by atoms with E-state index in [2.05, 4.69) is 24.9 Å². The molecule has 1 atom stereocenters. The lowest BCUT2D eigenvalue weighted by molar-refractivity contribution is 0.492. The van der Waals surface area contributed by atoms with E-state index in [1.807, 2.05) is 20.8 Å². The molecule has 0 saturated heterocycles. The summed E-state index contributed by atoms with van der Waals surface area (Å²) >= 11 is 0. The standard InChI is InChI=1S/C12H19NO/c1-8(2)7-13-10(4)12-6-9(3)14-11(12)5/h6,10,13H,1,7H2,2-5H3. The zero-order valence-electron chi connectivity index (χ0n) is 9.48. The highest BCUT2D eigenvalue weighted by Gasteiger charge is 2.11. The van der Waals surface area contributed by atoms with Crippen LogP contribution in [0.3, 0.4) is 0 Å². The van der Waals surface area contributed by atoms with E-state index in [1.54, 1.807) is 0 Å². The number of furan rings is 1. The molecule has 1 aromatic heterocycles. The summed E-state index contributed by atoms with van der Waals surface area (Å²) in [7, 11) is 0. The van der Waals surface area contributed by atoms with E-state index in [0.29, 0.717) is 6.04 Å². The van der Waals surface area contributed by atoms with Gasteiger partial charge in [0.2, 0.25) is 0 Å². The van der Waals surface area contributed by atoms with Gasteiger partial charge in [0.1, 0.15) is 11.5 Å². The lowest BCUT2D eigenvalue weighted by atomic mass is 10.1. The van der Waals surface area contributed by atoms with Crippen LogP contribution in [0.25, 0.3) is 0 Å². The Bertz CT molecular complexity index is 325. The third kappa shape index (κ3) is 2.74. The van der Waals surface area contributed by atoms with Crippen molar-refractivity contribution < 1.29 is 4.42 Å². The van der Waals surface area contributed by atoms with Crippen molar-refractivity contribution in [2.45, 2.75) is 33.7 Å². The van der Waals surface area contributed by atoms with Crippen LogP contribution >= 0.6 is 0 Å². The largest absolute Gasteiger partial charge is 0.466 e. The Hall–Kier alpha value is -1.02. The van der Waals surface area contributed by atoms with Crippen LogP contribution in [0.15, 0.2) is 22.6 Å². The fourth-order valence-corrected chi connectivity index (χ4v) is 1.52. The first-order valence-corrected chi connectivity index (χ1v) is 4.95. The summed E-state index contributed by atoms with van der Waals surface area (Å²) < 4.78 is 5.48. The zero-order chi connectivity index (χ0) is 10.7. The van der Waals surface area contributed by atoms with Crippen molar-refractivity contribution in [1.82, 2.24) is 5.32 Å². The van der Waals surface area contributed by atoms with Crippen LogP contribution < -0.4 is 5.32 Å². The van der Waals surface area contributed by atoms with E-state index in [-0.39, 0.29) is 0 Å². The maximum Gasteiger partial charge on any atom is 0.105 e. The Morgan fingerprint density at radius 2 is 2.21 bits per heavy atom. The van der Waals surface area contributed by atoms with Gasteiger partial charge in [-0.05, 0) is 33.8 Å². The molecular weight excluding hydrogens is 174 g/mol. The fraction of sp³-hybridized carbons (Fsp3) is 0.500. The Morgan fingerprint density at radius 1 is 1.57 bits per heavy atom. The first-order chi connectivity index (χ1) is 6.50. The van der Waals surface area contributed by atoms with Gasteiger partial charge in [-0.15, -0.1) is 0 Å². The van der Waals surface area contributed by atoms with E-state index in [4.69, 9.17) is 4.42 Å². The number of hydrogen-bond donors (Lipinski definition) is 1. The number of nitrogens with one attached hydrogen (secondary N) is 1. The second kappa shape index (κ2) is 4.47. The van der Waals surface area contributed by atoms with Crippen LogP contribution in [0.4, 0.5) is 0 Å². The van der Waals surface area contributed by atoms with Crippen molar-refractivity contribution in [2.24, 2.45) is 0 Å². The second-order valence-electron chi connectivity index (χ2n) is 3.93. The van der Waals surface area contributed by atoms with Crippen LogP contribution in [-0.2, 0) is 0 Å². The first kappa shape index (κ1) is 11.1. The molecule has 14 heavy (non-hydrogen) atoms. The van der Waals surface area contributed by atoms with Gasteiger partial charge in [0.15, 0.2) is 0 Å². The number of rotatable bonds is 4. The Morgan fingerprint density at radius 3 is 2.64 bits per heavy atom. The predicted octanol–water partition coefficient (Wildman–Crippen LogP) is 3.12. The molecule has 0 amide bonds. The first-order valence-electron chi connectivity index (χ1n) is 4.95. The van der Waals surface area contributed by atoms with Crippen LogP contribution in [0.1, 0.15) is 37.0 Å². The van der Waals surface area contributed by atoms with Crippen molar-refractivity contribution in [3.8, 4) is 0 Å². The van der Waals surface area contributed by atoms with Gasteiger partial charge in [-0.2, -0.15) is 0 Å². The van der Waals surface area contributed by atoms with Crippen molar-refractivity contribution in [1.29, 1.82) is 0 Å². The molecule has 1 heterocycles. The summed E-state index contributed by atoms with van der Waals surface area (Å²) in [4.78, 5) is 0. The molecule has 0 aromatic carbocycles. The Kier molecular flexibility index (Phi) is 3.53. The molecule has 1 aromatic rings. The molecule has 2 heteroatoms. The SMILES string of the molecule is C=C(C)CNC(C)c1cc(C)oc1C. The molecule has 78 valence electrons. The smallest absolute Gasteiger partial charge is 0.105 e. The van der Waals surface area contributed by atoms with Gasteiger partial charge in [0.05, 0.1) is 0 Å². The fourth-order valence-electron chi connectivity index (χ4n) is 1.52. The van der Waals surface area contributed by atoms with Gasteiger partial charge in [0, 0.05) is 18.2 Å². The van der Waals surface area contributed by atoms with Gasteiger partial charge in [-0.3, -0.25) is 0 Å². The van der Waals surface area contributed by atoms with E-state index in [1.165, 1.54) is 5.56 Å². The van der Waals surface area contributed by atoms with Gasteiger partial charge < -0.3 is 9.73 Å². The minimum absolute atomic E-state index is 0.323. The highest BCUT2D eigenvalue weighted by molar-refractivity contribution is 5.23. The van der Waals surface area contributed by atoms with E-state index < -0.39 is 0 Å². The molecule has 2 nitrogen and oxygen atoms in total. The number of aryl methyl sites for hydroxylation is 2. The van der Waals surface area contributed by atoms with Crippen molar-refractivity contribution >= 4 is 0 Å². The Labute approximate surface area is 86.0 Å². The van der Waals surface area contributed by atoms with Crippen molar-refractivity contribution in [3.63, 3.8) is 0 Å². The highest BCUT2D eigenvalue weighted by Crippen LogP contribution is 2.20. The van der Waals surface area contributed by atoms with Gasteiger partial charge in [-0.25, -0.2) is 0 Å². The average molecular weight is 193 g/mol. The molecule has 0 fully saturated rings. The molecule has 0 saturated carbocycles. The minimum Gasteiger partial charge on any atom is -0.466 e. The highest BCUT2D eigenvalue weighted by atomic mass is 16.3. The molecule has 0 radical (unpaired) electrons. The zero-order valence-corrected chi connectivity index (χ0v) is 9.48. The summed E-state index contributed by atoms with van der Waals surface area (Å²) in [6.07, 6.45) is 0. The van der Waals surface area contributed by atoms with Gasteiger partial charge in [0.25, 0.3) is 0 Å². The molecule has 0 aliphatic carbocycles. The molecule has 1 unspecified atom stereocenters. The van der Waals surface area contributed by atoms with E-state index in [9.17, 15) is 0 Å². The summed E-state index contributed by atoms with van der Waals surface area (Å²) in [5.74, 6) is 1.98. The summed E-state index contributed by atoms with van der Waals surface area (Å²) in [5, 5.41) is 3.39. The van der Waals surface area contributed by atoms with Crippen molar-refractivity contribution in [2.75, 3.05) is 6.54 Å². The quantitative estimate of drug-likeness (QED) is 0.743. The Balaban J connectivity index is 2.64. The van der Waals surface area contributed by atoms with Crippen molar-refractivity contribution in [3.05, 3.63) is 35.3 Å². The monoisotopic (exact) mass is 193 g/mol. The van der Waals surface area contributed by atoms with Gasteiger partial charge >= 0.3 is 0 Å². The summed E-state index contributed by atoms with van der Waals surface area (Å²) in [6.45, 7) is 12.9. The topological polar surface area (TPSA) is 25.2 Å². The summed E-state index contributed by atoms with van der Waals surface area (Å²) in [5.41, 5.74) is 2.39. The molecule has 0 aliphatic heterocycles. The summed E-state index contributed by atoms with van der Waals surface area (Å²) in [6, 6.07) is 2.41. The normalized spacial score (nSPS) is 12.9. The maximum absolute atomic E-state index is 5.48. The molecule has 0 spiro atoms. The predicted molar refractivity (Wildman–Crippen MR) is 59.4 cm³/mol. The average Bonchev–Trinajstić information content (AvgIpc) is 2.41. The molecule has 1 rings (SSSR count). The maximum atomic E-state index is 5.48.